The highest BCUT2D eigenvalue weighted by Gasteiger charge is 2.40. The van der Waals surface area contributed by atoms with E-state index in [0.717, 1.165) is 42.2 Å². The predicted molar refractivity (Wildman–Crippen MR) is 129 cm³/mol. The molecule has 180 valence electrons. The maximum Gasteiger partial charge on any atom is 0.416 e. The van der Waals surface area contributed by atoms with Gasteiger partial charge in [0.25, 0.3) is 0 Å². The van der Waals surface area contributed by atoms with Gasteiger partial charge in [-0.25, -0.2) is 0 Å². The van der Waals surface area contributed by atoms with Crippen molar-refractivity contribution in [3.8, 4) is 0 Å². The summed E-state index contributed by atoms with van der Waals surface area (Å²) >= 11 is 0. The molecule has 2 aliphatic heterocycles. The second-order valence-electron chi connectivity index (χ2n) is 9.92. The molecule has 2 aromatic carbocycles. The van der Waals surface area contributed by atoms with Crippen molar-refractivity contribution in [2.75, 3.05) is 43.4 Å². The first-order valence-electron chi connectivity index (χ1n) is 11.8. The number of anilines is 2. The molecule has 5 rings (SSSR count). The Kier molecular flexibility index (Phi) is 5.88. The molecule has 1 N–H and O–H groups in total. The number of likely N-dealkylation sites (tertiary alicyclic amines) is 1. The van der Waals surface area contributed by atoms with Crippen molar-refractivity contribution in [3.05, 3.63) is 59.3 Å². The summed E-state index contributed by atoms with van der Waals surface area (Å²) in [6, 6.07) is 10.6. The number of alkyl halides is 3. The van der Waals surface area contributed by atoms with Crippen LogP contribution in [0.3, 0.4) is 0 Å². The minimum absolute atomic E-state index is 0.233. The molecular weight excluding hydrogens is 439 g/mol. The van der Waals surface area contributed by atoms with Gasteiger partial charge in [0.15, 0.2) is 5.82 Å². The number of hydrogen-bond acceptors (Lipinski definition) is 5. The highest BCUT2D eigenvalue weighted by atomic mass is 19.4. The normalized spacial score (nSPS) is 21.5. The van der Waals surface area contributed by atoms with E-state index in [4.69, 9.17) is 0 Å². The van der Waals surface area contributed by atoms with Crippen molar-refractivity contribution in [1.82, 2.24) is 15.1 Å². The summed E-state index contributed by atoms with van der Waals surface area (Å²) in [5, 5.41) is 13.5. The molecule has 34 heavy (non-hydrogen) atoms. The van der Waals surface area contributed by atoms with Gasteiger partial charge in [0.2, 0.25) is 0 Å². The topological polar surface area (TPSA) is 44.3 Å². The molecular formula is C26H30F3N5. The fourth-order valence-electron chi connectivity index (χ4n) is 5.70. The van der Waals surface area contributed by atoms with Crippen molar-refractivity contribution in [2.24, 2.45) is 5.41 Å². The van der Waals surface area contributed by atoms with Gasteiger partial charge in [-0.3, -0.25) is 0 Å². The molecule has 2 aliphatic rings. The van der Waals surface area contributed by atoms with Crippen LogP contribution in [0.5, 0.6) is 0 Å². The third-order valence-electron chi connectivity index (χ3n) is 7.50. The number of aromatic nitrogens is 2. The lowest BCUT2D eigenvalue weighted by atomic mass is 9.79. The standard InChI is InChI=1S/C26H30F3N5/c1-18-19(5-3-6-23(18)26(27,28)29)14-30-24-22-13-21(8-7-20(22)15-31-32-24)34-12-10-25(17-34)9-4-11-33(2)16-25/h3,5-8,13,15H,4,9-12,14,16-17H2,1-2H3,(H,30,32). The van der Waals surface area contributed by atoms with Gasteiger partial charge >= 0.3 is 6.18 Å². The SMILES string of the molecule is Cc1c(CNc2nncc3ccc(N4CCC5(CCCN(C)C5)C4)cc23)cccc1C(F)(F)F. The summed E-state index contributed by atoms with van der Waals surface area (Å²) in [4.78, 5) is 4.90. The molecule has 2 fully saturated rings. The van der Waals surface area contributed by atoms with Crippen molar-refractivity contribution >= 4 is 22.3 Å². The Labute approximate surface area is 198 Å². The Bertz CT molecular complexity index is 1190. The molecule has 0 amide bonds. The van der Waals surface area contributed by atoms with Crippen molar-refractivity contribution in [3.63, 3.8) is 0 Å². The summed E-state index contributed by atoms with van der Waals surface area (Å²) < 4.78 is 39.9. The molecule has 1 aromatic heterocycles. The molecule has 3 heterocycles. The Balaban J connectivity index is 1.38. The number of rotatable bonds is 4. The molecule has 1 spiro atoms. The summed E-state index contributed by atoms with van der Waals surface area (Å²) in [6.45, 7) is 6.16. The molecule has 1 unspecified atom stereocenters. The third kappa shape index (κ3) is 4.43. The zero-order valence-electron chi connectivity index (χ0n) is 19.6. The number of nitrogens with zero attached hydrogens (tertiary/aromatic N) is 4. The lowest BCUT2D eigenvalue weighted by molar-refractivity contribution is -0.138. The summed E-state index contributed by atoms with van der Waals surface area (Å²) in [7, 11) is 2.21. The van der Waals surface area contributed by atoms with E-state index in [9.17, 15) is 13.2 Å². The number of nitrogens with one attached hydrogen (secondary N) is 1. The molecule has 5 nitrogen and oxygen atoms in total. The van der Waals surface area contributed by atoms with Crippen LogP contribution in [-0.2, 0) is 12.7 Å². The highest BCUT2D eigenvalue weighted by molar-refractivity contribution is 5.93. The van der Waals surface area contributed by atoms with Crippen LogP contribution in [0.4, 0.5) is 24.7 Å². The first-order valence-corrected chi connectivity index (χ1v) is 11.8. The zero-order chi connectivity index (χ0) is 23.9. The van der Waals surface area contributed by atoms with Crippen LogP contribution in [0, 0.1) is 12.3 Å². The Morgan fingerprint density at radius 2 is 1.94 bits per heavy atom. The largest absolute Gasteiger partial charge is 0.416 e. The van der Waals surface area contributed by atoms with Crippen LogP contribution in [-0.4, -0.2) is 48.3 Å². The Hall–Kier alpha value is -2.87. The van der Waals surface area contributed by atoms with Gasteiger partial charge in [-0.05, 0) is 69.1 Å². The number of halogens is 3. The smallest absolute Gasteiger partial charge is 0.371 e. The van der Waals surface area contributed by atoms with Crippen LogP contribution in [0.15, 0.2) is 42.6 Å². The molecule has 0 radical (unpaired) electrons. The minimum Gasteiger partial charge on any atom is -0.371 e. The molecule has 0 saturated carbocycles. The molecule has 8 heteroatoms. The maximum atomic E-state index is 13.3. The van der Waals surface area contributed by atoms with Gasteiger partial charge in [0, 0.05) is 48.1 Å². The third-order valence-corrected chi connectivity index (χ3v) is 7.50. The van der Waals surface area contributed by atoms with Crippen LogP contribution in [0.25, 0.3) is 10.8 Å². The number of hydrogen-bond donors (Lipinski definition) is 1. The van der Waals surface area contributed by atoms with E-state index in [1.165, 1.54) is 38.8 Å². The Morgan fingerprint density at radius 3 is 2.74 bits per heavy atom. The number of fused-ring (bicyclic) bond motifs is 1. The minimum atomic E-state index is -4.37. The maximum absolute atomic E-state index is 13.3. The lowest BCUT2D eigenvalue weighted by Gasteiger charge is -2.38. The number of piperidine rings is 1. The van der Waals surface area contributed by atoms with Gasteiger partial charge in [0.05, 0.1) is 11.8 Å². The summed E-state index contributed by atoms with van der Waals surface area (Å²) in [6.07, 6.45) is 1.08. The average molecular weight is 470 g/mol. The van der Waals surface area contributed by atoms with E-state index in [1.54, 1.807) is 12.3 Å². The quantitative estimate of drug-likeness (QED) is 0.547. The fourth-order valence-corrected chi connectivity index (χ4v) is 5.70. The molecule has 1 atom stereocenters. The van der Waals surface area contributed by atoms with Crippen molar-refractivity contribution in [1.29, 1.82) is 0 Å². The Morgan fingerprint density at radius 1 is 1.09 bits per heavy atom. The van der Waals surface area contributed by atoms with Crippen molar-refractivity contribution < 1.29 is 13.2 Å². The van der Waals surface area contributed by atoms with Gasteiger partial charge in [-0.2, -0.15) is 18.3 Å². The van der Waals surface area contributed by atoms with Gasteiger partial charge < -0.3 is 15.1 Å². The second kappa shape index (κ2) is 8.73. The lowest BCUT2D eigenvalue weighted by Crippen LogP contribution is -2.42. The van der Waals surface area contributed by atoms with Crippen LogP contribution in [0.2, 0.25) is 0 Å². The molecule has 2 saturated heterocycles. The summed E-state index contributed by atoms with van der Waals surface area (Å²) in [5.41, 5.74) is 1.74. The van der Waals surface area contributed by atoms with Crippen LogP contribution in [0.1, 0.15) is 36.0 Å². The molecule has 0 aliphatic carbocycles. The zero-order valence-corrected chi connectivity index (χ0v) is 19.6. The van der Waals surface area contributed by atoms with Gasteiger partial charge in [-0.15, -0.1) is 5.10 Å². The van der Waals surface area contributed by atoms with E-state index in [1.807, 2.05) is 0 Å². The first-order chi connectivity index (χ1) is 16.2. The van der Waals surface area contributed by atoms with Gasteiger partial charge in [-0.1, -0.05) is 18.2 Å². The monoisotopic (exact) mass is 469 g/mol. The average Bonchev–Trinajstić information content (AvgIpc) is 3.20. The first kappa shape index (κ1) is 22.9. The van der Waals surface area contributed by atoms with E-state index < -0.39 is 11.7 Å². The van der Waals surface area contributed by atoms with Crippen LogP contribution < -0.4 is 10.2 Å². The molecule has 0 bridgehead atoms. The molecule has 3 aromatic rings. The number of benzene rings is 2. The van der Waals surface area contributed by atoms with E-state index >= 15 is 0 Å². The van der Waals surface area contributed by atoms with E-state index in [2.05, 4.69) is 50.6 Å². The second-order valence-corrected chi connectivity index (χ2v) is 9.92. The highest BCUT2D eigenvalue weighted by Crippen LogP contribution is 2.41. The fraction of sp³-hybridized carbons (Fsp3) is 0.462. The van der Waals surface area contributed by atoms with Crippen molar-refractivity contribution in [2.45, 2.75) is 38.9 Å². The predicted octanol–water partition coefficient (Wildman–Crippen LogP) is 5.49. The van der Waals surface area contributed by atoms with E-state index in [-0.39, 0.29) is 12.1 Å². The van der Waals surface area contributed by atoms with Crippen LogP contribution >= 0.6 is 0 Å². The summed E-state index contributed by atoms with van der Waals surface area (Å²) in [5.74, 6) is 0.586. The van der Waals surface area contributed by atoms with Gasteiger partial charge in [0.1, 0.15) is 0 Å². The van der Waals surface area contributed by atoms with E-state index in [0.29, 0.717) is 16.8 Å².